The van der Waals surface area contributed by atoms with Crippen LogP contribution in [-0.4, -0.2) is 4.57 Å². The van der Waals surface area contributed by atoms with Gasteiger partial charge in [-0.1, -0.05) is 107 Å². The average molecular weight is 848 g/mol. The maximum absolute atomic E-state index is 3.74. The fourth-order valence-electron chi connectivity index (χ4n) is 5.95. The molecule has 4 bridgehead atoms. The van der Waals surface area contributed by atoms with Crippen molar-refractivity contribution in [2.75, 3.05) is 0 Å². The van der Waals surface area contributed by atoms with Gasteiger partial charge in [-0.05, 0) is 27.1 Å². The van der Waals surface area contributed by atoms with E-state index in [0.717, 1.165) is 8.95 Å². The number of nitrogens with zero attached hydrogens (tertiary/aromatic N) is 1. The van der Waals surface area contributed by atoms with Crippen LogP contribution in [0.2, 0.25) is 0 Å². The first kappa shape index (κ1) is 33.9. The van der Waals surface area contributed by atoms with Gasteiger partial charge in [-0.15, -0.1) is 94.6 Å². The van der Waals surface area contributed by atoms with E-state index in [1.54, 1.807) is 11.3 Å². The van der Waals surface area contributed by atoms with E-state index in [1.165, 1.54) is 70.3 Å². The molecule has 0 spiro atoms. The molecule has 7 aromatic carbocycles. The molecule has 3 aromatic heterocycles. The fraction of sp³-hybridized carbons (Fsp3) is 0. The van der Waals surface area contributed by atoms with Gasteiger partial charge in [-0.3, -0.25) is 0 Å². The number of aromatic nitrogens is 1. The summed E-state index contributed by atoms with van der Waals surface area (Å²) in [5.41, 5.74) is 6.22. The summed E-state index contributed by atoms with van der Waals surface area (Å²) in [5, 5.41) is 11.2. The summed E-state index contributed by atoms with van der Waals surface area (Å²) in [7, 11) is 0. The number of hydrogen-bond donors (Lipinski definition) is 0. The minimum atomic E-state index is 0. The van der Waals surface area contributed by atoms with Gasteiger partial charge in [0.05, 0.1) is 5.69 Å². The molecule has 10 rings (SSSR count). The van der Waals surface area contributed by atoms with Crippen LogP contribution < -0.4 is 24.8 Å². The van der Waals surface area contributed by atoms with Crippen LogP contribution in [0.15, 0.2) is 148 Å². The summed E-state index contributed by atoms with van der Waals surface area (Å²) >= 11 is 9.12. The molecule has 10 aromatic rings. The first-order valence-electron chi connectivity index (χ1n) is 13.8. The number of rotatable bonds is 2. The van der Waals surface area contributed by atoms with Crippen LogP contribution in [0.1, 0.15) is 0 Å². The Morgan fingerprint density at radius 1 is 0.600 bits per heavy atom. The molecular weight excluding hydrogens is 824 g/mol. The molecule has 3 heterocycles. The number of halogens is 4. The van der Waals surface area contributed by atoms with E-state index in [0.29, 0.717) is 0 Å². The molecule has 0 saturated heterocycles. The van der Waals surface area contributed by atoms with Crippen LogP contribution >= 0.6 is 43.2 Å². The van der Waals surface area contributed by atoms with Crippen molar-refractivity contribution in [2.24, 2.45) is 0 Å². The second-order valence-corrected chi connectivity index (χ2v) is 13.1. The maximum Gasteiger partial charge on any atom is 4.00 e. The van der Waals surface area contributed by atoms with Crippen molar-refractivity contribution in [3.63, 3.8) is 0 Å². The van der Waals surface area contributed by atoms with Crippen molar-refractivity contribution in [1.29, 1.82) is 0 Å². The van der Waals surface area contributed by atoms with E-state index in [-0.39, 0.29) is 51.0 Å². The third-order valence-electron chi connectivity index (χ3n) is 8.02. The van der Waals surface area contributed by atoms with Crippen molar-refractivity contribution < 1.29 is 51.0 Å². The van der Waals surface area contributed by atoms with Crippen molar-refractivity contribution in [3.05, 3.63) is 148 Å². The van der Waals surface area contributed by atoms with Crippen molar-refractivity contribution in [1.82, 2.24) is 4.57 Å². The smallest absolute Gasteiger partial charge is 1.00 e. The van der Waals surface area contributed by atoms with Crippen LogP contribution in [0.25, 0.3) is 70.3 Å². The summed E-state index contributed by atoms with van der Waals surface area (Å²) in [6, 6.07) is 47.8. The Hall–Kier alpha value is -2.50. The summed E-state index contributed by atoms with van der Waals surface area (Å²) in [6.07, 6.45) is 0. The average Bonchev–Trinajstić information content (AvgIpc) is 3.79. The molecule has 7 heteroatoms. The van der Waals surface area contributed by atoms with E-state index in [2.05, 4.69) is 169 Å². The van der Waals surface area contributed by atoms with Gasteiger partial charge in [0.1, 0.15) is 0 Å². The van der Waals surface area contributed by atoms with Crippen molar-refractivity contribution >= 4 is 96.6 Å². The van der Waals surface area contributed by atoms with Gasteiger partial charge >= 0.3 is 26.2 Å². The van der Waals surface area contributed by atoms with E-state index in [4.69, 9.17) is 0 Å². The van der Waals surface area contributed by atoms with Crippen molar-refractivity contribution in [3.8, 4) is 16.8 Å². The molecule has 0 aliphatic rings. The summed E-state index contributed by atoms with van der Waals surface area (Å²) in [4.78, 5) is 0. The molecule has 0 unspecified atom stereocenters. The Labute approximate surface area is 313 Å². The largest absolute Gasteiger partial charge is 4.00 e. The number of benzene rings is 5. The Morgan fingerprint density at radius 3 is 2.11 bits per heavy atom. The minimum absolute atomic E-state index is 0. The predicted octanol–water partition coefficient (Wildman–Crippen LogP) is 6.63. The molecule has 45 heavy (non-hydrogen) atoms. The summed E-state index contributed by atoms with van der Waals surface area (Å²) in [6.45, 7) is 0. The topological polar surface area (TPSA) is 4.93 Å². The molecule has 0 aliphatic heterocycles. The Bertz CT molecular complexity index is 2380. The van der Waals surface area contributed by atoms with Crippen molar-refractivity contribution in [2.45, 2.75) is 0 Å². The third-order valence-corrected chi connectivity index (χ3v) is 10.4. The van der Waals surface area contributed by atoms with Crippen LogP contribution in [0.4, 0.5) is 0 Å². The standard InChI is InChI=1S/C23H13BrNS.C15H10Br.2ClH.Zr/c24-20-9-10-21-19-12-15(11-18(19)20)14-5-7-16(8-6-14)25(21)22-13-26-23-4-2-1-3-17(22)23;16-15-8-4-7-12-9-13(10-14(12)15)11-5-2-1-3-6-11;;;/h1-13H;1-10H;2*1H;/q2*-1;;;+4/p-2. The summed E-state index contributed by atoms with van der Waals surface area (Å²) in [5.74, 6) is 0. The molecule has 0 aliphatic carbocycles. The van der Waals surface area contributed by atoms with Crippen LogP contribution in [0.3, 0.4) is 0 Å². The van der Waals surface area contributed by atoms with Crippen LogP contribution in [0, 0.1) is 0 Å². The molecule has 218 valence electrons. The number of hydrogen-bond acceptors (Lipinski definition) is 1. The van der Waals surface area contributed by atoms with Crippen LogP contribution in [0.5, 0.6) is 0 Å². The first-order chi connectivity index (χ1) is 20.6. The number of fused-ring (bicyclic) bond motifs is 4. The normalized spacial score (nSPS) is 10.8. The van der Waals surface area contributed by atoms with Gasteiger partial charge in [0, 0.05) is 26.5 Å². The molecule has 0 atom stereocenters. The van der Waals surface area contributed by atoms with Gasteiger partial charge in [-0.25, -0.2) is 0 Å². The number of thiophene rings is 1. The first-order valence-corrected chi connectivity index (χ1v) is 16.3. The van der Waals surface area contributed by atoms with E-state index in [9.17, 15) is 0 Å². The van der Waals surface area contributed by atoms with Gasteiger partial charge in [0.25, 0.3) is 0 Å². The Balaban J connectivity index is 0.000000184. The zero-order chi connectivity index (χ0) is 28.2. The van der Waals surface area contributed by atoms with Gasteiger partial charge in [0.15, 0.2) is 0 Å². The Kier molecular flexibility index (Phi) is 10.6. The van der Waals surface area contributed by atoms with Crippen LogP contribution in [-0.2, 0) is 26.2 Å². The second-order valence-electron chi connectivity index (χ2n) is 10.5. The fourth-order valence-corrected chi connectivity index (χ4v) is 7.84. The molecule has 0 N–H and O–H groups in total. The molecule has 0 fully saturated rings. The van der Waals surface area contributed by atoms with Gasteiger partial charge < -0.3 is 29.4 Å². The molecule has 1 nitrogen and oxygen atoms in total. The quantitative estimate of drug-likeness (QED) is 0.173. The second kappa shape index (κ2) is 14.1. The summed E-state index contributed by atoms with van der Waals surface area (Å²) < 4.78 is 6.02. The maximum atomic E-state index is 3.74. The van der Waals surface area contributed by atoms with Gasteiger partial charge in [0.2, 0.25) is 0 Å². The van der Waals surface area contributed by atoms with Gasteiger partial charge in [-0.2, -0.15) is 0 Å². The minimum Gasteiger partial charge on any atom is -1.00 e. The van der Waals surface area contributed by atoms with E-state index < -0.39 is 0 Å². The SMILES string of the molecule is Brc1ccc2c3cc([cH-]c13)c1ccc(cc1)n2-c1csc2ccccc12.Brc1cccc2cc(-c3ccccc3)[cH-]c12.[Cl-].[Cl-].[Zr+4]. The molecule has 0 radical (unpaired) electrons. The van der Waals surface area contributed by atoms with E-state index >= 15 is 0 Å². The van der Waals surface area contributed by atoms with E-state index in [1.807, 2.05) is 6.07 Å². The third kappa shape index (κ3) is 6.16. The predicted molar refractivity (Wildman–Crippen MR) is 190 cm³/mol. The Morgan fingerprint density at radius 2 is 1.33 bits per heavy atom. The monoisotopic (exact) mass is 843 g/mol. The molecule has 0 saturated carbocycles. The zero-order valence-corrected chi connectivity index (χ0v) is 31.6. The molecule has 0 amide bonds. The zero-order valence-electron chi connectivity index (χ0n) is 23.6. The molecular formula is C38H23Br2Cl2NSZr.